The van der Waals surface area contributed by atoms with E-state index in [1.807, 2.05) is 37.3 Å². The van der Waals surface area contributed by atoms with Crippen molar-refractivity contribution in [2.75, 3.05) is 18.0 Å². The Morgan fingerprint density at radius 1 is 1.17 bits per heavy atom. The Balaban J connectivity index is 1.70. The minimum atomic E-state index is -0.0850. The molecule has 0 spiro atoms. The fourth-order valence-corrected chi connectivity index (χ4v) is 2.69. The molecule has 1 aliphatic rings. The van der Waals surface area contributed by atoms with E-state index >= 15 is 0 Å². The van der Waals surface area contributed by atoms with E-state index < -0.39 is 0 Å². The summed E-state index contributed by atoms with van der Waals surface area (Å²) < 4.78 is 5.39. The van der Waals surface area contributed by atoms with E-state index in [4.69, 9.17) is 4.52 Å². The van der Waals surface area contributed by atoms with Gasteiger partial charge in [0.15, 0.2) is 0 Å². The number of anilines is 1. The normalized spacial score (nSPS) is 14.0. The monoisotopic (exact) mass is 321 g/mol. The SMILES string of the molecule is Cc1ccc(-c2nc(-c3ccncc3)no2)cc1N1CCNC1=O. The Bertz CT molecular complexity index is 891. The van der Waals surface area contributed by atoms with Crippen LogP contribution in [-0.4, -0.2) is 34.2 Å². The molecule has 24 heavy (non-hydrogen) atoms. The number of nitrogens with one attached hydrogen (secondary N) is 1. The van der Waals surface area contributed by atoms with Crippen LogP contribution in [-0.2, 0) is 0 Å². The Hall–Kier alpha value is -3.22. The maximum atomic E-state index is 11.9. The minimum Gasteiger partial charge on any atom is -0.336 e. The van der Waals surface area contributed by atoms with Gasteiger partial charge in [-0.25, -0.2) is 4.79 Å². The molecular formula is C17H15N5O2. The molecule has 2 aromatic heterocycles. The van der Waals surface area contributed by atoms with Gasteiger partial charge in [0, 0.05) is 42.3 Å². The van der Waals surface area contributed by atoms with Crippen LogP contribution in [0.2, 0.25) is 0 Å². The van der Waals surface area contributed by atoms with E-state index in [2.05, 4.69) is 20.4 Å². The molecule has 4 rings (SSSR count). The highest BCUT2D eigenvalue weighted by molar-refractivity contribution is 5.95. The largest absolute Gasteiger partial charge is 0.336 e. The van der Waals surface area contributed by atoms with Crippen molar-refractivity contribution < 1.29 is 9.32 Å². The van der Waals surface area contributed by atoms with E-state index in [9.17, 15) is 4.79 Å². The number of nitrogens with zero attached hydrogens (tertiary/aromatic N) is 4. The molecule has 1 N–H and O–H groups in total. The fraction of sp³-hybridized carbons (Fsp3) is 0.176. The zero-order chi connectivity index (χ0) is 16.5. The maximum Gasteiger partial charge on any atom is 0.322 e. The minimum absolute atomic E-state index is 0.0850. The fourth-order valence-electron chi connectivity index (χ4n) is 2.69. The summed E-state index contributed by atoms with van der Waals surface area (Å²) in [7, 11) is 0. The average Bonchev–Trinajstić information content (AvgIpc) is 3.26. The molecule has 120 valence electrons. The lowest BCUT2D eigenvalue weighted by molar-refractivity contribution is 0.252. The third kappa shape index (κ3) is 2.50. The molecule has 3 heterocycles. The number of amides is 2. The molecule has 1 fully saturated rings. The van der Waals surface area contributed by atoms with Crippen LogP contribution in [0.1, 0.15) is 5.56 Å². The van der Waals surface area contributed by atoms with Gasteiger partial charge in [-0.15, -0.1) is 0 Å². The lowest BCUT2D eigenvalue weighted by Gasteiger charge is -2.17. The number of rotatable bonds is 3. The second-order valence-electron chi connectivity index (χ2n) is 5.54. The number of pyridine rings is 1. The Morgan fingerprint density at radius 2 is 2.00 bits per heavy atom. The molecule has 7 nitrogen and oxygen atoms in total. The van der Waals surface area contributed by atoms with Crippen molar-refractivity contribution >= 4 is 11.7 Å². The van der Waals surface area contributed by atoms with Crippen molar-refractivity contribution in [3.05, 3.63) is 48.3 Å². The summed E-state index contributed by atoms with van der Waals surface area (Å²) in [5.41, 5.74) is 3.49. The number of carbonyl (C=O) groups excluding carboxylic acids is 1. The van der Waals surface area contributed by atoms with Gasteiger partial charge in [-0.05, 0) is 36.8 Å². The summed E-state index contributed by atoms with van der Waals surface area (Å²) >= 11 is 0. The van der Waals surface area contributed by atoms with E-state index in [-0.39, 0.29) is 6.03 Å². The molecule has 0 bridgehead atoms. The molecule has 2 amide bonds. The predicted molar refractivity (Wildman–Crippen MR) is 88.4 cm³/mol. The maximum absolute atomic E-state index is 11.9. The number of hydrogen-bond acceptors (Lipinski definition) is 5. The van der Waals surface area contributed by atoms with Gasteiger partial charge in [0.2, 0.25) is 5.82 Å². The van der Waals surface area contributed by atoms with Crippen LogP contribution in [0.3, 0.4) is 0 Å². The van der Waals surface area contributed by atoms with Gasteiger partial charge in [0.1, 0.15) is 0 Å². The van der Waals surface area contributed by atoms with E-state index in [0.29, 0.717) is 24.8 Å². The Morgan fingerprint density at radius 3 is 2.75 bits per heavy atom. The number of aryl methyl sites for hydroxylation is 1. The number of urea groups is 1. The highest BCUT2D eigenvalue weighted by Crippen LogP contribution is 2.29. The van der Waals surface area contributed by atoms with Gasteiger partial charge in [-0.2, -0.15) is 4.98 Å². The van der Waals surface area contributed by atoms with Crippen molar-refractivity contribution in [1.29, 1.82) is 0 Å². The topological polar surface area (TPSA) is 84.2 Å². The molecule has 1 aromatic carbocycles. The van der Waals surface area contributed by atoms with E-state index in [1.165, 1.54) is 0 Å². The highest BCUT2D eigenvalue weighted by Gasteiger charge is 2.23. The predicted octanol–water partition coefficient (Wildman–Crippen LogP) is 2.64. The summed E-state index contributed by atoms with van der Waals surface area (Å²) in [5, 5.41) is 6.83. The average molecular weight is 321 g/mol. The van der Waals surface area contributed by atoms with Crippen molar-refractivity contribution in [2.45, 2.75) is 6.92 Å². The molecule has 0 unspecified atom stereocenters. The number of hydrogen-bond donors (Lipinski definition) is 1. The van der Waals surface area contributed by atoms with Gasteiger partial charge >= 0.3 is 6.03 Å². The van der Waals surface area contributed by atoms with Crippen LogP contribution in [0.5, 0.6) is 0 Å². The number of carbonyl (C=O) groups is 1. The van der Waals surface area contributed by atoms with Crippen LogP contribution in [0.4, 0.5) is 10.5 Å². The van der Waals surface area contributed by atoms with Gasteiger partial charge in [0.25, 0.3) is 5.89 Å². The first-order chi connectivity index (χ1) is 11.7. The molecule has 1 saturated heterocycles. The second kappa shape index (κ2) is 5.77. The second-order valence-corrected chi connectivity index (χ2v) is 5.54. The van der Waals surface area contributed by atoms with E-state index in [1.54, 1.807) is 17.3 Å². The van der Waals surface area contributed by atoms with Crippen LogP contribution in [0.25, 0.3) is 22.8 Å². The molecule has 3 aromatic rings. The van der Waals surface area contributed by atoms with Crippen LogP contribution >= 0.6 is 0 Å². The van der Waals surface area contributed by atoms with Gasteiger partial charge in [-0.1, -0.05) is 11.2 Å². The first-order valence-corrected chi connectivity index (χ1v) is 7.63. The molecule has 0 atom stereocenters. The molecule has 0 saturated carbocycles. The van der Waals surface area contributed by atoms with Gasteiger partial charge in [0.05, 0.1) is 0 Å². The van der Waals surface area contributed by atoms with E-state index in [0.717, 1.165) is 22.4 Å². The molecular weight excluding hydrogens is 306 g/mol. The van der Waals surface area contributed by atoms with Crippen molar-refractivity contribution in [3.8, 4) is 22.8 Å². The Labute approximate surface area is 138 Å². The van der Waals surface area contributed by atoms with Crippen molar-refractivity contribution in [1.82, 2.24) is 20.4 Å². The van der Waals surface area contributed by atoms with Crippen molar-refractivity contribution in [2.24, 2.45) is 0 Å². The highest BCUT2D eigenvalue weighted by atomic mass is 16.5. The molecule has 0 radical (unpaired) electrons. The quantitative estimate of drug-likeness (QED) is 0.801. The summed E-state index contributed by atoms with van der Waals surface area (Å²) in [4.78, 5) is 22.1. The lowest BCUT2D eigenvalue weighted by Crippen LogP contribution is -2.28. The molecule has 0 aliphatic carbocycles. The third-order valence-electron chi connectivity index (χ3n) is 3.97. The summed E-state index contributed by atoms with van der Waals surface area (Å²) in [6, 6.07) is 9.33. The zero-order valence-electron chi connectivity index (χ0n) is 13.1. The Kier molecular flexibility index (Phi) is 3.45. The summed E-state index contributed by atoms with van der Waals surface area (Å²) in [6.07, 6.45) is 3.36. The molecule has 7 heteroatoms. The van der Waals surface area contributed by atoms with Crippen LogP contribution < -0.4 is 10.2 Å². The zero-order valence-corrected chi connectivity index (χ0v) is 13.1. The number of benzene rings is 1. The number of aromatic nitrogens is 3. The summed E-state index contributed by atoms with van der Waals surface area (Å²) in [5.74, 6) is 0.927. The van der Waals surface area contributed by atoms with Gasteiger partial charge in [-0.3, -0.25) is 9.88 Å². The standard InChI is InChI=1S/C17H15N5O2/c1-11-2-3-13(10-14(11)22-9-8-19-17(22)23)16-20-15(21-24-16)12-4-6-18-7-5-12/h2-7,10H,8-9H2,1H3,(H,19,23). The smallest absolute Gasteiger partial charge is 0.322 e. The molecule has 1 aliphatic heterocycles. The van der Waals surface area contributed by atoms with Crippen LogP contribution in [0, 0.1) is 6.92 Å². The lowest BCUT2D eigenvalue weighted by atomic mass is 10.1. The third-order valence-corrected chi connectivity index (χ3v) is 3.97. The van der Waals surface area contributed by atoms with Crippen molar-refractivity contribution in [3.63, 3.8) is 0 Å². The van der Waals surface area contributed by atoms with Crippen LogP contribution in [0.15, 0.2) is 47.2 Å². The first-order valence-electron chi connectivity index (χ1n) is 7.63. The van der Waals surface area contributed by atoms with Gasteiger partial charge < -0.3 is 9.84 Å². The first kappa shape index (κ1) is 14.4. The summed E-state index contributed by atoms with van der Waals surface area (Å²) in [6.45, 7) is 3.27.